The van der Waals surface area contributed by atoms with E-state index in [1.54, 1.807) is 31.5 Å². The van der Waals surface area contributed by atoms with E-state index in [0.717, 1.165) is 5.56 Å². The zero-order valence-electron chi connectivity index (χ0n) is 16.9. The maximum absolute atomic E-state index is 12.6. The third-order valence-corrected chi connectivity index (χ3v) is 5.09. The van der Waals surface area contributed by atoms with Crippen LogP contribution in [0.2, 0.25) is 5.02 Å². The van der Waals surface area contributed by atoms with Crippen LogP contribution in [-0.4, -0.2) is 50.5 Å². The van der Waals surface area contributed by atoms with E-state index in [4.69, 9.17) is 22.1 Å². The van der Waals surface area contributed by atoms with Gasteiger partial charge in [-0.1, -0.05) is 23.7 Å². The molecule has 1 atom stereocenters. The summed E-state index contributed by atoms with van der Waals surface area (Å²) in [6.07, 6.45) is -0.529. The lowest BCUT2D eigenvalue weighted by molar-refractivity contribution is 0.0127. The summed E-state index contributed by atoms with van der Waals surface area (Å²) in [5.74, 6) is -0.666. The summed E-state index contributed by atoms with van der Waals surface area (Å²) in [4.78, 5) is 26.3. The van der Waals surface area contributed by atoms with Crippen LogP contribution in [0.25, 0.3) is 11.3 Å². The molecule has 0 saturated carbocycles. The molecule has 3 rings (SSSR count). The molecule has 2 aromatic rings. The van der Waals surface area contributed by atoms with Crippen molar-refractivity contribution >= 4 is 23.6 Å². The number of amides is 2. The number of aryl methyl sites for hydroxylation is 1. The van der Waals surface area contributed by atoms with Gasteiger partial charge >= 0.3 is 6.09 Å². The minimum absolute atomic E-state index is 0.0935. The molecule has 8 nitrogen and oxygen atoms in total. The molecule has 0 aliphatic carbocycles. The average molecular weight is 421 g/mol. The molecule has 29 heavy (non-hydrogen) atoms. The minimum atomic E-state index is -0.667. The fourth-order valence-electron chi connectivity index (χ4n) is 3.30. The van der Waals surface area contributed by atoms with Crippen molar-refractivity contribution in [2.75, 3.05) is 13.2 Å². The lowest BCUT2D eigenvalue weighted by Gasteiger charge is -2.34. The fraction of sp³-hybridized carbons (Fsp3) is 0.450. The highest BCUT2D eigenvalue weighted by molar-refractivity contribution is 6.31. The normalized spacial score (nSPS) is 16.5. The first-order valence-corrected chi connectivity index (χ1v) is 9.66. The molecule has 1 aromatic carbocycles. The van der Waals surface area contributed by atoms with Gasteiger partial charge in [-0.3, -0.25) is 9.48 Å². The standard InChI is InChI=1S/C20H25ClN4O4/c1-11-5-6-12(7-14(11)21)17-16(18(22)27)15-9-24(19(28)29-20(2,3)4)8-13(10-26)25(15)23-17/h5-7,13,26H,8-10H2,1-4H3,(H2,22,27). The lowest BCUT2D eigenvalue weighted by Crippen LogP contribution is -2.45. The Kier molecular flexibility index (Phi) is 5.60. The van der Waals surface area contributed by atoms with Crippen molar-refractivity contribution in [2.45, 2.75) is 45.9 Å². The van der Waals surface area contributed by atoms with Crippen LogP contribution in [0.15, 0.2) is 18.2 Å². The first-order chi connectivity index (χ1) is 13.5. The molecule has 1 aliphatic heterocycles. The van der Waals surface area contributed by atoms with E-state index in [9.17, 15) is 14.7 Å². The zero-order valence-corrected chi connectivity index (χ0v) is 17.7. The van der Waals surface area contributed by atoms with E-state index in [0.29, 0.717) is 22.0 Å². The second-order valence-electron chi connectivity index (χ2n) is 8.14. The highest BCUT2D eigenvalue weighted by atomic mass is 35.5. The van der Waals surface area contributed by atoms with Gasteiger partial charge in [0.25, 0.3) is 5.91 Å². The summed E-state index contributed by atoms with van der Waals surface area (Å²) in [6, 6.07) is 4.83. The van der Waals surface area contributed by atoms with Crippen molar-refractivity contribution in [3.63, 3.8) is 0 Å². The molecular formula is C20H25ClN4O4. The molecule has 3 N–H and O–H groups in total. The number of aliphatic hydroxyl groups is 1. The van der Waals surface area contributed by atoms with E-state index in [1.807, 2.05) is 19.1 Å². The quantitative estimate of drug-likeness (QED) is 0.793. The number of halogens is 1. The average Bonchev–Trinajstić information content (AvgIpc) is 3.01. The number of aromatic nitrogens is 2. The lowest BCUT2D eigenvalue weighted by atomic mass is 10.0. The Balaban J connectivity index is 2.08. The van der Waals surface area contributed by atoms with Crippen molar-refractivity contribution in [2.24, 2.45) is 5.73 Å². The Morgan fingerprint density at radius 3 is 2.62 bits per heavy atom. The number of aliphatic hydroxyl groups excluding tert-OH is 1. The Labute approximate surface area is 174 Å². The van der Waals surface area contributed by atoms with Gasteiger partial charge in [0.1, 0.15) is 11.3 Å². The first kappa shape index (κ1) is 21.1. The molecule has 0 spiro atoms. The molecule has 0 fully saturated rings. The monoisotopic (exact) mass is 420 g/mol. The van der Waals surface area contributed by atoms with Gasteiger partial charge in [0, 0.05) is 17.1 Å². The predicted molar refractivity (Wildman–Crippen MR) is 109 cm³/mol. The van der Waals surface area contributed by atoms with Gasteiger partial charge in [-0.2, -0.15) is 5.10 Å². The van der Waals surface area contributed by atoms with Crippen molar-refractivity contribution in [1.82, 2.24) is 14.7 Å². The van der Waals surface area contributed by atoms with Gasteiger partial charge in [-0.25, -0.2) is 4.79 Å². The van der Waals surface area contributed by atoms with Crippen LogP contribution in [0.1, 0.15) is 48.4 Å². The van der Waals surface area contributed by atoms with E-state index in [2.05, 4.69) is 5.10 Å². The second kappa shape index (κ2) is 7.68. The van der Waals surface area contributed by atoms with Crippen LogP contribution in [0.5, 0.6) is 0 Å². The van der Waals surface area contributed by atoms with E-state index >= 15 is 0 Å². The largest absolute Gasteiger partial charge is 0.444 e. The number of nitrogens with two attached hydrogens (primary N) is 1. The Morgan fingerprint density at radius 2 is 2.07 bits per heavy atom. The summed E-state index contributed by atoms with van der Waals surface area (Å²) in [5, 5.41) is 15.0. The number of carbonyl (C=O) groups excluding carboxylic acids is 2. The zero-order chi connectivity index (χ0) is 21.5. The third-order valence-electron chi connectivity index (χ3n) is 4.68. The molecule has 1 unspecified atom stereocenters. The van der Waals surface area contributed by atoms with Gasteiger partial charge in [0.05, 0.1) is 30.5 Å². The van der Waals surface area contributed by atoms with E-state index in [-0.39, 0.29) is 25.3 Å². The predicted octanol–water partition coefficient (Wildman–Crippen LogP) is 2.89. The van der Waals surface area contributed by atoms with Crippen LogP contribution in [0.3, 0.4) is 0 Å². The van der Waals surface area contributed by atoms with Crippen LogP contribution >= 0.6 is 11.6 Å². The van der Waals surface area contributed by atoms with Crippen molar-refractivity contribution in [1.29, 1.82) is 0 Å². The van der Waals surface area contributed by atoms with Gasteiger partial charge < -0.3 is 20.5 Å². The highest BCUT2D eigenvalue weighted by Crippen LogP contribution is 2.33. The molecule has 2 amide bonds. The number of hydrogen-bond donors (Lipinski definition) is 2. The van der Waals surface area contributed by atoms with Crippen LogP contribution in [-0.2, 0) is 11.3 Å². The van der Waals surface area contributed by atoms with Crippen LogP contribution in [0, 0.1) is 6.92 Å². The second-order valence-corrected chi connectivity index (χ2v) is 8.55. The molecule has 9 heteroatoms. The Hall–Kier alpha value is -2.58. The SMILES string of the molecule is Cc1ccc(-c2nn3c(c2C(N)=O)CN(C(=O)OC(C)(C)C)CC3CO)cc1Cl. The summed E-state index contributed by atoms with van der Waals surface area (Å²) in [7, 11) is 0. The number of nitrogens with zero attached hydrogens (tertiary/aromatic N) is 3. The molecular weight excluding hydrogens is 396 g/mol. The number of hydrogen-bond acceptors (Lipinski definition) is 5. The summed E-state index contributed by atoms with van der Waals surface area (Å²) >= 11 is 6.24. The van der Waals surface area contributed by atoms with Gasteiger partial charge in [-0.05, 0) is 39.3 Å². The number of benzene rings is 1. The van der Waals surface area contributed by atoms with Crippen molar-refractivity contribution in [3.8, 4) is 11.3 Å². The third kappa shape index (κ3) is 4.23. The number of rotatable bonds is 3. The molecule has 0 radical (unpaired) electrons. The number of carbonyl (C=O) groups is 2. The van der Waals surface area contributed by atoms with E-state index in [1.165, 1.54) is 4.90 Å². The maximum atomic E-state index is 12.6. The molecule has 156 valence electrons. The minimum Gasteiger partial charge on any atom is -0.444 e. The van der Waals surface area contributed by atoms with Gasteiger partial charge in [0.2, 0.25) is 0 Å². The Bertz CT molecular complexity index is 964. The fourth-order valence-corrected chi connectivity index (χ4v) is 3.48. The molecule has 2 heterocycles. The summed E-state index contributed by atoms with van der Waals surface area (Å²) < 4.78 is 7.02. The number of primary amides is 1. The molecule has 0 bridgehead atoms. The van der Waals surface area contributed by atoms with Crippen LogP contribution in [0.4, 0.5) is 4.79 Å². The molecule has 1 aromatic heterocycles. The van der Waals surface area contributed by atoms with E-state index < -0.39 is 23.6 Å². The maximum Gasteiger partial charge on any atom is 0.410 e. The highest BCUT2D eigenvalue weighted by Gasteiger charge is 2.36. The Morgan fingerprint density at radius 1 is 1.38 bits per heavy atom. The van der Waals surface area contributed by atoms with Crippen molar-refractivity contribution in [3.05, 3.63) is 40.0 Å². The summed E-state index contributed by atoms with van der Waals surface area (Å²) in [6.45, 7) is 7.23. The molecule has 0 saturated heterocycles. The van der Waals surface area contributed by atoms with Gasteiger partial charge in [0.15, 0.2) is 0 Å². The topological polar surface area (TPSA) is 111 Å². The van der Waals surface area contributed by atoms with Crippen LogP contribution < -0.4 is 5.73 Å². The smallest absolute Gasteiger partial charge is 0.410 e. The first-order valence-electron chi connectivity index (χ1n) is 9.28. The molecule has 1 aliphatic rings. The summed E-state index contributed by atoms with van der Waals surface area (Å²) in [5.41, 5.74) is 7.58. The van der Waals surface area contributed by atoms with Crippen molar-refractivity contribution < 1.29 is 19.4 Å². The number of fused-ring (bicyclic) bond motifs is 1. The number of ether oxygens (including phenoxy) is 1. The van der Waals surface area contributed by atoms with Gasteiger partial charge in [-0.15, -0.1) is 0 Å².